The van der Waals surface area contributed by atoms with Crippen LogP contribution < -0.4 is 5.32 Å². The lowest BCUT2D eigenvalue weighted by Crippen LogP contribution is -2.25. The molecule has 21 heavy (non-hydrogen) atoms. The van der Waals surface area contributed by atoms with Crippen molar-refractivity contribution < 1.29 is 13.2 Å². The summed E-state index contributed by atoms with van der Waals surface area (Å²) in [4.78, 5) is 12.0. The topological polar surface area (TPSA) is 63.2 Å². The molecule has 0 spiro atoms. The molecule has 118 valence electrons. The van der Waals surface area contributed by atoms with Gasteiger partial charge in [-0.2, -0.15) is 0 Å². The second kappa shape index (κ2) is 7.61. The third kappa shape index (κ3) is 5.60. The second-order valence-electron chi connectivity index (χ2n) is 5.31. The zero-order chi connectivity index (χ0) is 16.2. The molecule has 0 atom stereocenters. The van der Waals surface area contributed by atoms with Gasteiger partial charge in [0.15, 0.2) is 0 Å². The normalized spacial score (nSPS) is 11.7. The van der Waals surface area contributed by atoms with Crippen molar-refractivity contribution in [1.29, 1.82) is 0 Å². The Morgan fingerprint density at radius 2 is 2.00 bits per heavy atom. The molecule has 1 aromatic rings. The van der Waals surface area contributed by atoms with E-state index in [9.17, 15) is 13.2 Å². The number of benzene rings is 1. The first-order valence-corrected chi connectivity index (χ1v) is 9.76. The van der Waals surface area contributed by atoms with Crippen LogP contribution >= 0.6 is 26.6 Å². The zero-order valence-electron chi connectivity index (χ0n) is 12.2. The minimum Gasteiger partial charge on any atom is -0.352 e. The van der Waals surface area contributed by atoms with Gasteiger partial charge in [0, 0.05) is 27.3 Å². The fourth-order valence-electron chi connectivity index (χ4n) is 1.85. The molecule has 0 aromatic heterocycles. The summed E-state index contributed by atoms with van der Waals surface area (Å²) in [7, 11) is 1.51. The van der Waals surface area contributed by atoms with E-state index < -0.39 is 9.05 Å². The first-order chi connectivity index (χ1) is 9.62. The summed E-state index contributed by atoms with van der Waals surface area (Å²) >= 11 is 3.26. The van der Waals surface area contributed by atoms with Crippen LogP contribution in [0, 0.1) is 12.8 Å². The standard InChI is InChI=1S/C14H19BrClNO3S/c1-9(2)5-4-6-17-14(18)11-7-12(15)10(3)13(8-11)21(16,19)20/h7-9H,4-6H2,1-3H3,(H,17,18). The molecule has 1 aromatic carbocycles. The SMILES string of the molecule is Cc1c(Br)cc(C(=O)NCCCC(C)C)cc1S(=O)(=O)Cl. The molecule has 1 amide bonds. The maximum atomic E-state index is 12.1. The van der Waals surface area contributed by atoms with Crippen LogP contribution in [-0.4, -0.2) is 20.9 Å². The van der Waals surface area contributed by atoms with E-state index in [4.69, 9.17) is 10.7 Å². The molecule has 0 aliphatic carbocycles. The molecule has 0 unspecified atom stereocenters. The zero-order valence-corrected chi connectivity index (χ0v) is 15.4. The number of carbonyl (C=O) groups is 1. The van der Waals surface area contributed by atoms with E-state index in [0.717, 1.165) is 12.8 Å². The molecule has 0 fully saturated rings. The highest BCUT2D eigenvalue weighted by Crippen LogP contribution is 2.28. The Labute approximate surface area is 138 Å². The van der Waals surface area contributed by atoms with Crippen LogP contribution in [0.1, 0.15) is 42.6 Å². The van der Waals surface area contributed by atoms with E-state index in [1.807, 2.05) is 0 Å². The lowest BCUT2D eigenvalue weighted by atomic mass is 10.1. The Morgan fingerprint density at radius 1 is 1.38 bits per heavy atom. The quantitative estimate of drug-likeness (QED) is 0.587. The molecule has 0 aliphatic rings. The van der Waals surface area contributed by atoms with Gasteiger partial charge in [-0.1, -0.05) is 29.8 Å². The number of carbonyl (C=O) groups excluding carboxylic acids is 1. The smallest absolute Gasteiger partial charge is 0.261 e. The van der Waals surface area contributed by atoms with Crippen LogP contribution in [0.5, 0.6) is 0 Å². The summed E-state index contributed by atoms with van der Waals surface area (Å²) in [5.74, 6) is 0.282. The fraction of sp³-hybridized carbons (Fsp3) is 0.500. The van der Waals surface area contributed by atoms with E-state index in [0.29, 0.717) is 22.5 Å². The first kappa shape index (κ1) is 18.5. The van der Waals surface area contributed by atoms with Gasteiger partial charge in [0.25, 0.3) is 15.0 Å². The first-order valence-electron chi connectivity index (χ1n) is 6.66. The van der Waals surface area contributed by atoms with Gasteiger partial charge in [-0.3, -0.25) is 4.79 Å². The Balaban J connectivity index is 2.89. The average Bonchev–Trinajstić information content (AvgIpc) is 2.35. The van der Waals surface area contributed by atoms with Crippen molar-refractivity contribution in [3.8, 4) is 0 Å². The molecule has 1 rings (SSSR count). The van der Waals surface area contributed by atoms with Crippen molar-refractivity contribution in [3.05, 3.63) is 27.7 Å². The average molecular weight is 397 g/mol. The van der Waals surface area contributed by atoms with Gasteiger partial charge in [-0.25, -0.2) is 8.42 Å². The lowest BCUT2D eigenvalue weighted by molar-refractivity contribution is 0.0952. The number of halogens is 2. The Hall–Kier alpha value is -0.590. The Bertz CT molecular complexity index is 629. The van der Waals surface area contributed by atoms with Gasteiger partial charge >= 0.3 is 0 Å². The van der Waals surface area contributed by atoms with Crippen molar-refractivity contribution in [1.82, 2.24) is 5.32 Å². The molecular weight excluding hydrogens is 378 g/mol. The molecule has 0 aliphatic heterocycles. The molecule has 0 saturated carbocycles. The third-order valence-electron chi connectivity index (χ3n) is 3.07. The summed E-state index contributed by atoms with van der Waals surface area (Å²) in [6.07, 6.45) is 1.91. The fourth-order valence-corrected chi connectivity index (χ4v) is 3.67. The third-order valence-corrected chi connectivity index (χ3v) is 5.34. The van der Waals surface area contributed by atoms with Gasteiger partial charge in [-0.15, -0.1) is 0 Å². The van der Waals surface area contributed by atoms with Crippen molar-refractivity contribution in [2.75, 3.05) is 6.54 Å². The monoisotopic (exact) mass is 395 g/mol. The highest BCUT2D eigenvalue weighted by atomic mass is 79.9. The molecule has 0 heterocycles. The molecule has 0 bridgehead atoms. The summed E-state index contributed by atoms with van der Waals surface area (Å²) in [6, 6.07) is 2.90. The number of amides is 1. The van der Waals surface area contributed by atoms with Crippen LogP contribution in [0.4, 0.5) is 0 Å². The minimum absolute atomic E-state index is 0.0501. The molecule has 0 saturated heterocycles. The van der Waals surface area contributed by atoms with Crippen molar-refractivity contribution >= 4 is 41.6 Å². The van der Waals surface area contributed by atoms with E-state index in [2.05, 4.69) is 35.1 Å². The highest BCUT2D eigenvalue weighted by molar-refractivity contribution is 9.10. The predicted octanol–water partition coefficient (Wildman–Crippen LogP) is 3.85. The van der Waals surface area contributed by atoms with E-state index in [1.54, 1.807) is 13.0 Å². The van der Waals surface area contributed by atoms with Crippen LogP contribution in [0.2, 0.25) is 0 Å². The summed E-state index contributed by atoms with van der Waals surface area (Å²) in [5, 5.41) is 2.78. The van der Waals surface area contributed by atoms with Crippen LogP contribution in [0.15, 0.2) is 21.5 Å². The molecule has 4 nitrogen and oxygen atoms in total. The largest absolute Gasteiger partial charge is 0.352 e. The lowest BCUT2D eigenvalue weighted by Gasteiger charge is -2.10. The number of nitrogens with one attached hydrogen (secondary N) is 1. The van der Waals surface area contributed by atoms with Crippen LogP contribution in [-0.2, 0) is 9.05 Å². The van der Waals surface area contributed by atoms with E-state index >= 15 is 0 Å². The van der Waals surface area contributed by atoms with Gasteiger partial charge in [0.2, 0.25) is 0 Å². The van der Waals surface area contributed by atoms with Crippen LogP contribution in [0.25, 0.3) is 0 Å². The van der Waals surface area contributed by atoms with Gasteiger partial charge in [0.05, 0.1) is 4.90 Å². The van der Waals surface area contributed by atoms with Crippen molar-refractivity contribution in [2.24, 2.45) is 5.92 Å². The summed E-state index contributed by atoms with van der Waals surface area (Å²) in [5.41, 5.74) is 0.762. The molecule has 1 N–H and O–H groups in total. The Morgan fingerprint density at radius 3 is 2.52 bits per heavy atom. The van der Waals surface area contributed by atoms with Gasteiger partial charge in [-0.05, 0) is 43.4 Å². The molecular formula is C14H19BrClNO3S. The second-order valence-corrected chi connectivity index (χ2v) is 8.70. The maximum Gasteiger partial charge on any atom is 0.261 e. The van der Waals surface area contributed by atoms with Crippen molar-refractivity contribution in [3.63, 3.8) is 0 Å². The van der Waals surface area contributed by atoms with E-state index in [-0.39, 0.29) is 16.4 Å². The van der Waals surface area contributed by atoms with Crippen molar-refractivity contribution in [2.45, 2.75) is 38.5 Å². The molecule has 7 heteroatoms. The predicted molar refractivity (Wildman–Crippen MR) is 88.3 cm³/mol. The summed E-state index contributed by atoms with van der Waals surface area (Å²) < 4.78 is 23.6. The maximum absolute atomic E-state index is 12.1. The summed E-state index contributed by atoms with van der Waals surface area (Å²) in [6.45, 7) is 6.43. The van der Waals surface area contributed by atoms with Crippen LogP contribution in [0.3, 0.4) is 0 Å². The minimum atomic E-state index is -3.89. The molecule has 0 radical (unpaired) electrons. The number of hydrogen-bond donors (Lipinski definition) is 1. The van der Waals surface area contributed by atoms with E-state index in [1.165, 1.54) is 6.07 Å². The van der Waals surface area contributed by atoms with Gasteiger partial charge < -0.3 is 5.32 Å². The van der Waals surface area contributed by atoms with Gasteiger partial charge in [0.1, 0.15) is 0 Å². The number of rotatable bonds is 6. The highest BCUT2D eigenvalue weighted by Gasteiger charge is 2.19. The Kier molecular flexibility index (Phi) is 6.69. The number of hydrogen-bond acceptors (Lipinski definition) is 3.